The first kappa shape index (κ1) is 30.1. The minimum absolute atomic E-state index is 0.104. The van der Waals surface area contributed by atoms with Gasteiger partial charge in [0.2, 0.25) is 0 Å². The zero-order valence-corrected chi connectivity index (χ0v) is 25.8. The molecule has 0 aromatic heterocycles. The summed E-state index contributed by atoms with van der Waals surface area (Å²) in [6.07, 6.45) is 1.22. The molecule has 1 amide bonds. The fourth-order valence-corrected chi connectivity index (χ4v) is 6.86. The van der Waals surface area contributed by atoms with Crippen molar-refractivity contribution in [2.45, 2.75) is 18.9 Å². The van der Waals surface area contributed by atoms with Gasteiger partial charge in [-0.05, 0) is 70.1 Å². The number of amides is 1. The molecule has 1 aliphatic heterocycles. The molecule has 1 N–H and O–H groups in total. The van der Waals surface area contributed by atoms with E-state index in [4.69, 9.17) is 23.2 Å². The number of nitrogens with zero attached hydrogens (tertiary/aromatic N) is 1. The maximum atomic E-state index is 13.1. The van der Waals surface area contributed by atoms with Crippen LogP contribution in [-0.2, 0) is 9.84 Å². The Morgan fingerprint density at radius 1 is 0.786 bits per heavy atom. The minimum atomic E-state index is -3.59. The van der Waals surface area contributed by atoms with E-state index in [0.29, 0.717) is 40.8 Å². The molecule has 4 aromatic rings. The molecule has 0 saturated carbocycles. The lowest BCUT2D eigenvalue weighted by Gasteiger charge is -2.42. The van der Waals surface area contributed by atoms with E-state index in [1.165, 1.54) is 6.26 Å². The van der Waals surface area contributed by atoms with Crippen LogP contribution in [0.4, 0.5) is 0 Å². The number of rotatable bonds is 9. The molecule has 1 unspecified atom stereocenters. The normalized spacial score (nSPS) is 14.4. The van der Waals surface area contributed by atoms with Crippen LogP contribution >= 0.6 is 23.2 Å². The first-order chi connectivity index (χ1) is 20.1. The summed E-state index contributed by atoms with van der Waals surface area (Å²) >= 11 is 12.3. The van der Waals surface area contributed by atoms with Crippen molar-refractivity contribution in [1.82, 2.24) is 10.2 Å². The average Bonchev–Trinajstić information content (AvgIpc) is 2.96. The van der Waals surface area contributed by atoms with Gasteiger partial charge in [0.1, 0.15) is 0 Å². The number of hydrogen-bond acceptors (Lipinski definition) is 4. The van der Waals surface area contributed by atoms with Crippen LogP contribution in [0.3, 0.4) is 0 Å². The molecule has 1 aliphatic rings. The molecule has 1 atom stereocenters. The summed E-state index contributed by atoms with van der Waals surface area (Å²) in [5.41, 5.74) is 4.98. The van der Waals surface area contributed by atoms with Crippen LogP contribution in [-0.4, -0.2) is 45.1 Å². The molecule has 0 aliphatic carbocycles. The van der Waals surface area contributed by atoms with E-state index >= 15 is 0 Å². The quantitative estimate of drug-likeness (QED) is 0.212. The van der Waals surface area contributed by atoms with Crippen LogP contribution in [0.1, 0.15) is 51.5 Å². The topological polar surface area (TPSA) is 66.5 Å². The van der Waals surface area contributed by atoms with E-state index in [9.17, 15) is 13.2 Å². The van der Waals surface area contributed by atoms with Gasteiger partial charge in [0.15, 0.2) is 9.84 Å². The highest BCUT2D eigenvalue weighted by Gasteiger charge is 2.34. The van der Waals surface area contributed by atoms with Crippen LogP contribution in [0.25, 0.3) is 4.91 Å². The second-order valence-electron chi connectivity index (χ2n) is 10.7. The number of halogens is 2. The summed E-state index contributed by atoms with van der Waals surface area (Å²) in [6, 6.07) is 32.1. The highest BCUT2D eigenvalue weighted by atomic mass is 35.5. The standard InChI is InChI=1S/C34H32Cl2N2O3S/c1-23(24-7-4-3-5-8-24)20-37-34(39)28-10-6-9-27(19-28)33(42(2,40)41)29-21-38(22-29)32(25-11-15-30(35)16-12-25)26-13-17-31(36)18-14-26/h3-19,23,32H,20-22H2,1-2H3,(H,37,39). The SMILES string of the molecule is CC(CNC(=O)c1cccc(C(=C2CN(C(c3ccc(Cl)cc3)c3ccc(Cl)cc3)C2)S(C)(=O)=O)c1)c1ccccc1. The Balaban J connectivity index is 1.39. The van der Waals surface area contributed by atoms with Crippen molar-refractivity contribution in [2.24, 2.45) is 0 Å². The van der Waals surface area contributed by atoms with Gasteiger partial charge in [0.05, 0.1) is 10.9 Å². The van der Waals surface area contributed by atoms with Gasteiger partial charge in [0.25, 0.3) is 5.91 Å². The van der Waals surface area contributed by atoms with Gasteiger partial charge in [-0.1, -0.05) is 96.9 Å². The fraction of sp³-hybridized carbons (Fsp3) is 0.206. The Labute approximate surface area is 257 Å². The van der Waals surface area contributed by atoms with E-state index in [1.54, 1.807) is 24.3 Å². The third kappa shape index (κ3) is 6.96. The fourth-order valence-electron chi connectivity index (χ4n) is 5.40. The maximum Gasteiger partial charge on any atom is 0.251 e. The van der Waals surface area contributed by atoms with E-state index in [1.807, 2.05) is 78.9 Å². The first-order valence-corrected chi connectivity index (χ1v) is 16.4. The van der Waals surface area contributed by atoms with Crippen molar-refractivity contribution in [2.75, 3.05) is 25.9 Å². The van der Waals surface area contributed by atoms with Gasteiger partial charge >= 0.3 is 0 Å². The molecule has 216 valence electrons. The highest BCUT2D eigenvalue weighted by molar-refractivity contribution is 8.00. The Kier molecular flexibility index (Phi) is 9.19. The molecule has 0 radical (unpaired) electrons. The van der Waals surface area contributed by atoms with Crippen LogP contribution in [0.15, 0.2) is 109 Å². The summed E-state index contributed by atoms with van der Waals surface area (Å²) < 4.78 is 26.2. The molecular weight excluding hydrogens is 587 g/mol. The van der Waals surface area contributed by atoms with Gasteiger partial charge < -0.3 is 5.32 Å². The minimum Gasteiger partial charge on any atom is -0.351 e. The largest absolute Gasteiger partial charge is 0.351 e. The summed E-state index contributed by atoms with van der Waals surface area (Å²) in [5.74, 6) is -0.0968. The molecule has 42 heavy (non-hydrogen) atoms. The third-order valence-electron chi connectivity index (χ3n) is 7.54. The van der Waals surface area contributed by atoms with Crippen LogP contribution in [0.5, 0.6) is 0 Å². The molecule has 0 bridgehead atoms. The smallest absolute Gasteiger partial charge is 0.251 e. The van der Waals surface area contributed by atoms with Gasteiger partial charge in [-0.3, -0.25) is 9.69 Å². The lowest BCUT2D eigenvalue weighted by molar-refractivity contribution is 0.0951. The lowest BCUT2D eigenvalue weighted by atomic mass is 9.92. The lowest BCUT2D eigenvalue weighted by Crippen LogP contribution is -2.44. The van der Waals surface area contributed by atoms with Crippen molar-refractivity contribution in [3.63, 3.8) is 0 Å². The molecule has 5 nitrogen and oxygen atoms in total. The zero-order valence-electron chi connectivity index (χ0n) is 23.4. The molecule has 5 rings (SSSR count). The van der Waals surface area contributed by atoms with Crippen LogP contribution < -0.4 is 5.32 Å². The summed E-state index contributed by atoms with van der Waals surface area (Å²) in [4.78, 5) is 15.5. The van der Waals surface area contributed by atoms with Crippen molar-refractivity contribution >= 4 is 43.9 Å². The maximum absolute atomic E-state index is 13.1. The molecule has 1 saturated heterocycles. The predicted molar refractivity (Wildman–Crippen MR) is 172 cm³/mol. The number of nitrogens with one attached hydrogen (secondary N) is 1. The molecule has 1 fully saturated rings. The average molecular weight is 620 g/mol. The van der Waals surface area contributed by atoms with E-state index < -0.39 is 9.84 Å². The number of carbonyl (C=O) groups is 1. The van der Waals surface area contributed by atoms with Crippen LogP contribution in [0, 0.1) is 0 Å². The number of likely N-dealkylation sites (tertiary alicyclic amines) is 1. The number of benzene rings is 4. The molecular formula is C34H32Cl2N2O3S. The second kappa shape index (κ2) is 12.8. The van der Waals surface area contributed by atoms with Crippen LogP contribution in [0.2, 0.25) is 10.0 Å². The van der Waals surface area contributed by atoms with Gasteiger partial charge in [-0.15, -0.1) is 0 Å². The number of hydrogen-bond donors (Lipinski definition) is 1. The summed E-state index contributed by atoms with van der Waals surface area (Å²) in [5, 5.41) is 4.29. The monoisotopic (exact) mass is 618 g/mol. The van der Waals surface area contributed by atoms with Gasteiger partial charge in [-0.2, -0.15) is 0 Å². The number of sulfone groups is 1. The molecule has 8 heteroatoms. The first-order valence-electron chi connectivity index (χ1n) is 13.7. The van der Waals surface area contributed by atoms with Crippen molar-refractivity contribution in [3.05, 3.63) is 147 Å². The Hall–Kier alpha value is -3.42. The third-order valence-corrected chi connectivity index (χ3v) is 9.31. The molecule has 4 aromatic carbocycles. The van der Waals surface area contributed by atoms with Crippen molar-refractivity contribution in [3.8, 4) is 0 Å². The summed E-state index contributed by atoms with van der Waals surface area (Å²) in [6.45, 7) is 3.45. The second-order valence-corrected chi connectivity index (χ2v) is 13.5. The number of carbonyl (C=O) groups excluding carboxylic acids is 1. The highest BCUT2D eigenvalue weighted by Crippen LogP contribution is 2.39. The van der Waals surface area contributed by atoms with E-state index in [-0.39, 0.29) is 22.8 Å². The zero-order chi connectivity index (χ0) is 29.9. The van der Waals surface area contributed by atoms with E-state index in [0.717, 1.165) is 22.3 Å². The summed E-state index contributed by atoms with van der Waals surface area (Å²) in [7, 11) is -3.59. The molecule has 1 heterocycles. The molecule has 0 spiro atoms. The Morgan fingerprint density at radius 2 is 1.33 bits per heavy atom. The van der Waals surface area contributed by atoms with Gasteiger partial charge in [0, 0.05) is 41.5 Å². The Morgan fingerprint density at radius 3 is 1.88 bits per heavy atom. The van der Waals surface area contributed by atoms with Crippen molar-refractivity contribution in [1.29, 1.82) is 0 Å². The predicted octanol–water partition coefficient (Wildman–Crippen LogP) is 7.39. The van der Waals surface area contributed by atoms with Gasteiger partial charge in [-0.25, -0.2) is 8.42 Å². The van der Waals surface area contributed by atoms with Crippen molar-refractivity contribution < 1.29 is 13.2 Å². The van der Waals surface area contributed by atoms with E-state index in [2.05, 4.69) is 17.1 Å². The Bertz CT molecular complexity index is 1650.